The summed E-state index contributed by atoms with van der Waals surface area (Å²) < 4.78 is 6.97. The Bertz CT molecular complexity index is 939. The summed E-state index contributed by atoms with van der Waals surface area (Å²) in [6.45, 7) is 0. The number of methoxy groups -OCH3 is 1. The van der Waals surface area contributed by atoms with E-state index in [1.54, 1.807) is 43.1 Å². The minimum Gasteiger partial charge on any atom is -0.494 e. The average molecular weight is 307 g/mol. The maximum Gasteiger partial charge on any atom is 0.267 e. The van der Waals surface area contributed by atoms with Gasteiger partial charge in [-0.2, -0.15) is 5.10 Å². The molecule has 1 aliphatic heterocycles. The van der Waals surface area contributed by atoms with Gasteiger partial charge in [-0.05, 0) is 24.3 Å². The number of para-hydroxylation sites is 1. The van der Waals surface area contributed by atoms with Crippen molar-refractivity contribution in [3.8, 4) is 5.75 Å². The van der Waals surface area contributed by atoms with Gasteiger partial charge in [0.15, 0.2) is 5.82 Å². The van der Waals surface area contributed by atoms with Crippen LogP contribution >= 0.6 is 0 Å². The Labute approximate surface area is 131 Å². The number of imide groups is 1. The van der Waals surface area contributed by atoms with Crippen molar-refractivity contribution in [3.63, 3.8) is 0 Å². The van der Waals surface area contributed by atoms with Gasteiger partial charge in [0.2, 0.25) is 0 Å². The maximum atomic E-state index is 12.6. The molecule has 6 nitrogen and oxygen atoms in total. The van der Waals surface area contributed by atoms with E-state index in [9.17, 15) is 9.59 Å². The fourth-order valence-corrected chi connectivity index (χ4v) is 2.99. The number of nitrogens with zero attached hydrogens (tertiary/aromatic N) is 3. The molecule has 2 aromatic carbocycles. The number of benzene rings is 2. The summed E-state index contributed by atoms with van der Waals surface area (Å²) in [6.07, 6.45) is 0. The van der Waals surface area contributed by atoms with Crippen LogP contribution < -0.4 is 9.64 Å². The Morgan fingerprint density at radius 2 is 1.61 bits per heavy atom. The van der Waals surface area contributed by atoms with Gasteiger partial charge in [0, 0.05) is 12.4 Å². The summed E-state index contributed by atoms with van der Waals surface area (Å²) >= 11 is 0. The van der Waals surface area contributed by atoms with E-state index < -0.39 is 0 Å². The van der Waals surface area contributed by atoms with Crippen molar-refractivity contribution in [2.45, 2.75) is 0 Å². The highest BCUT2D eigenvalue weighted by molar-refractivity contribution is 6.35. The fourth-order valence-electron chi connectivity index (χ4n) is 2.99. The largest absolute Gasteiger partial charge is 0.494 e. The molecule has 0 bridgehead atoms. The number of ether oxygens (including phenoxy) is 1. The lowest BCUT2D eigenvalue weighted by Gasteiger charge is -2.10. The van der Waals surface area contributed by atoms with Crippen LogP contribution in [0.3, 0.4) is 0 Å². The summed E-state index contributed by atoms with van der Waals surface area (Å²) in [6, 6.07) is 12.2. The van der Waals surface area contributed by atoms with Crippen molar-refractivity contribution >= 4 is 28.5 Å². The van der Waals surface area contributed by atoms with Gasteiger partial charge >= 0.3 is 0 Å². The third kappa shape index (κ3) is 1.72. The topological polar surface area (TPSA) is 64.4 Å². The van der Waals surface area contributed by atoms with Gasteiger partial charge in [-0.1, -0.05) is 18.2 Å². The molecule has 0 radical (unpaired) electrons. The quantitative estimate of drug-likeness (QED) is 0.682. The molecule has 0 saturated carbocycles. The number of hydrogen-bond donors (Lipinski definition) is 0. The second kappa shape index (κ2) is 4.67. The summed E-state index contributed by atoms with van der Waals surface area (Å²) in [7, 11) is 3.33. The molecule has 1 aromatic heterocycles. The predicted molar refractivity (Wildman–Crippen MR) is 84.8 cm³/mol. The minimum absolute atomic E-state index is 0.326. The Balaban J connectivity index is 1.95. The average Bonchev–Trinajstić information content (AvgIpc) is 3.03. The number of hydrogen-bond acceptors (Lipinski definition) is 4. The summed E-state index contributed by atoms with van der Waals surface area (Å²) in [5.41, 5.74) is 1.54. The molecule has 0 N–H and O–H groups in total. The maximum absolute atomic E-state index is 12.6. The molecular formula is C17H13N3O3. The molecule has 23 heavy (non-hydrogen) atoms. The molecule has 0 atom stereocenters. The Morgan fingerprint density at radius 1 is 0.957 bits per heavy atom. The van der Waals surface area contributed by atoms with Gasteiger partial charge < -0.3 is 4.74 Å². The van der Waals surface area contributed by atoms with Crippen molar-refractivity contribution in [1.82, 2.24) is 9.78 Å². The summed E-state index contributed by atoms with van der Waals surface area (Å²) in [4.78, 5) is 26.4. The molecule has 0 saturated heterocycles. The van der Waals surface area contributed by atoms with E-state index in [0.717, 1.165) is 10.4 Å². The van der Waals surface area contributed by atoms with E-state index in [4.69, 9.17) is 4.74 Å². The Hall–Kier alpha value is -3.15. The molecular weight excluding hydrogens is 294 g/mol. The van der Waals surface area contributed by atoms with Crippen LogP contribution in [0.5, 0.6) is 5.75 Å². The number of rotatable bonds is 2. The highest BCUT2D eigenvalue weighted by Crippen LogP contribution is 2.35. The first-order valence-electron chi connectivity index (χ1n) is 7.11. The van der Waals surface area contributed by atoms with E-state index in [1.807, 2.05) is 18.2 Å². The number of aromatic nitrogens is 2. The van der Waals surface area contributed by atoms with Crippen LogP contribution in [0, 0.1) is 0 Å². The molecule has 6 heteroatoms. The van der Waals surface area contributed by atoms with Crippen LogP contribution in [0.4, 0.5) is 5.82 Å². The third-order valence-electron chi connectivity index (χ3n) is 4.03. The lowest BCUT2D eigenvalue weighted by Crippen LogP contribution is -2.30. The lowest BCUT2D eigenvalue weighted by atomic mass is 10.1. The molecule has 0 spiro atoms. The van der Waals surface area contributed by atoms with Crippen LogP contribution in [0.15, 0.2) is 42.5 Å². The van der Waals surface area contributed by atoms with Crippen LogP contribution in [-0.4, -0.2) is 28.7 Å². The van der Waals surface area contributed by atoms with Gasteiger partial charge in [0.1, 0.15) is 11.3 Å². The number of carbonyl (C=O) groups is 2. The van der Waals surface area contributed by atoms with E-state index in [2.05, 4.69) is 5.10 Å². The number of fused-ring (bicyclic) bond motifs is 2. The molecule has 0 fully saturated rings. The van der Waals surface area contributed by atoms with Gasteiger partial charge in [0.25, 0.3) is 11.8 Å². The highest BCUT2D eigenvalue weighted by atomic mass is 16.5. The van der Waals surface area contributed by atoms with E-state index >= 15 is 0 Å². The van der Waals surface area contributed by atoms with Crippen LogP contribution in [-0.2, 0) is 7.05 Å². The normalized spacial score (nSPS) is 13.7. The number of aryl methyl sites for hydroxylation is 1. The van der Waals surface area contributed by atoms with Crippen molar-refractivity contribution in [2.75, 3.05) is 12.0 Å². The summed E-state index contributed by atoms with van der Waals surface area (Å²) in [5, 5.41) is 5.08. The van der Waals surface area contributed by atoms with Crippen molar-refractivity contribution in [3.05, 3.63) is 53.6 Å². The minimum atomic E-state index is -0.353. The zero-order valence-electron chi connectivity index (χ0n) is 12.6. The molecule has 0 aliphatic carbocycles. The molecule has 3 aromatic rings. The first-order valence-corrected chi connectivity index (χ1v) is 7.11. The molecule has 4 rings (SSSR count). The monoisotopic (exact) mass is 307 g/mol. The van der Waals surface area contributed by atoms with Crippen LogP contribution in [0.1, 0.15) is 20.7 Å². The van der Waals surface area contributed by atoms with E-state index in [0.29, 0.717) is 28.1 Å². The van der Waals surface area contributed by atoms with E-state index in [1.165, 1.54) is 0 Å². The Kier molecular flexibility index (Phi) is 2.74. The molecule has 0 unspecified atom stereocenters. The lowest BCUT2D eigenvalue weighted by molar-refractivity contribution is 0.0925. The Morgan fingerprint density at radius 3 is 2.22 bits per heavy atom. The predicted octanol–water partition coefficient (Wildman–Crippen LogP) is 2.38. The number of anilines is 1. The number of amides is 2. The fraction of sp³-hybridized carbons (Fsp3) is 0.118. The van der Waals surface area contributed by atoms with E-state index in [-0.39, 0.29) is 11.8 Å². The molecule has 2 amide bonds. The molecule has 2 heterocycles. The van der Waals surface area contributed by atoms with Gasteiger partial charge in [-0.3, -0.25) is 14.3 Å². The highest BCUT2D eigenvalue weighted by Gasteiger charge is 2.38. The first-order chi connectivity index (χ1) is 11.1. The SMILES string of the molecule is COc1cccc2c(N3C(=O)c4ccccc4C3=O)nn(C)c12. The zero-order chi connectivity index (χ0) is 16.1. The first kappa shape index (κ1) is 13.5. The summed E-state index contributed by atoms with van der Waals surface area (Å²) in [5.74, 6) is 0.259. The second-order valence-electron chi connectivity index (χ2n) is 5.29. The molecule has 114 valence electrons. The zero-order valence-corrected chi connectivity index (χ0v) is 12.6. The molecule has 1 aliphatic rings. The van der Waals surface area contributed by atoms with Crippen molar-refractivity contribution in [1.29, 1.82) is 0 Å². The standard InChI is InChI=1S/C17H13N3O3/c1-19-14-12(8-5-9-13(14)23-2)15(18-19)20-16(21)10-6-3-4-7-11(10)17(20)22/h3-9H,1-2H3. The van der Waals surface area contributed by atoms with Gasteiger partial charge in [-0.25, -0.2) is 4.90 Å². The van der Waals surface area contributed by atoms with Crippen molar-refractivity contribution < 1.29 is 14.3 Å². The second-order valence-corrected chi connectivity index (χ2v) is 5.29. The van der Waals surface area contributed by atoms with Crippen LogP contribution in [0.25, 0.3) is 10.9 Å². The smallest absolute Gasteiger partial charge is 0.267 e. The van der Waals surface area contributed by atoms with Gasteiger partial charge in [-0.15, -0.1) is 0 Å². The third-order valence-corrected chi connectivity index (χ3v) is 4.03. The van der Waals surface area contributed by atoms with Crippen LogP contribution in [0.2, 0.25) is 0 Å². The van der Waals surface area contributed by atoms with Crippen molar-refractivity contribution in [2.24, 2.45) is 7.05 Å². The van der Waals surface area contributed by atoms with Gasteiger partial charge in [0.05, 0.1) is 18.2 Å². The number of carbonyl (C=O) groups excluding carboxylic acids is 2.